The van der Waals surface area contributed by atoms with Crippen molar-refractivity contribution in [3.63, 3.8) is 0 Å². The topological polar surface area (TPSA) is 96.8 Å². The SMILES string of the molecule is Cc1cc(N2C(=O)C(O)=C(C(=O)c3ccc(C)o3)[C@@H]2c2cccc(Br)c2)no1. The van der Waals surface area contributed by atoms with E-state index < -0.39 is 23.5 Å². The van der Waals surface area contributed by atoms with Gasteiger partial charge in [-0.1, -0.05) is 33.2 Å². The second-order valence-electron chi connectivity index (χ2n) is 6.43. The Labute approximate surface area is 168 Å². The summed E-state index contributed by atoms with van der Waals surface area (Å²) in [4.78, 5) is 27.2. The molecule has 142 valence electrons. The minimum absolute atomic E-state index is 0.0463. The summed E-state index contributed by atoms with van der Waals surface area (Å²) in [6.07, 6.45) is 0. The van der Waals surface area contributed by atoms with E-state index in [1.807, 2.05) is 6.07 Å². The van der Waals surface area contributed by atoms with Gasteiger partial charge < -0.3 is 14.0 Å². The number of halogens is 1. The van der Waals surface area contributed by atoms with Crippen LogP contribution in [0.25, 0.3) is 0 Å². The molecule has 4 rings (SSSR count). The Balaban J connectivity index is 1.89. The Bertz CT molecular complexity index is 1130. The molecule has 1 aromatic carbocycles. The van der Waals surface area contributed by atoms with E-state index in [0.29, 0.717) is 17.1 Å². The van der Waals surface area contributed by atoms with E-state index >= 15 is 0 Å². The van der Waals surface area contributed by atoms with Crippen LogP contribution in [0.15, 0.2) is 67.2 Å². The van der Waals surface area contributed by atoms with Gasteiger partial charge in [0.1, 0.15) is 11.5 Å². The lowest BCUT2D eigenvalue weighted by Crippen LogP contribution is -2.31. The van der Waals surface area contributed by atoms with E-state index in [2.05, 4.69) is 21.1 Å². The molecule has 28 heavy (non-hydrogen) atoms. The number of ketones is 1. The number of aliphatic hydroxyl groups excluding tert-OH is 1. The third-order valence-electron chi connectivity index (χ3n) is 4.44. The van der Waals surface area contributed by atoms with Crippen LogP contribution in [0, 0.1) is 13.8 Å². The fourth-order valence-corrected chi connectivity index (χ4v) is 3.64. The predicted octanol–water partition coefficient (Wildman–Crippen LogP) is 4.43. The normalized spacial score (nSPS) is 16.9. The number of Topliss-reactive ketones (excluding diaryl/α,β-unsaturated/α-hetero) is 1. The molecule has 7 nitrogen and oxygen atoms in total. The average Bonchev–Trinajstić information content (AvgIpc) is 3.34. The number of hydrogen-bond acceptors (Lipinski definition) is 6. The molecule has 3 aromatic rings. The van der Waals surface area contributed by atoms with Crippen LogP contribution in [-0.2, 0) is 4.79 Å². The second-order valence-corrected chi connectivity index (χ2v) is 7.35. The zero-order chi connectivity index (χ0) is 20.0. The summed E-state index contributed by atoms with van der Waals surface area (Å²) in [7, 11) is 0. The first-order valence-corrected chi connectivity index (χ1v) is 9.22. The molecule has 2 aromatic heterocycles. The lowest BCUT2D eigenvalue weighted by atomic mass is 9.95. The zero-order valence-electron chi connectivity index (χ0n) is 15.0. The summed E-state index contributed by atoms with van der Waals surface area (Å²) < 4.78 is 11.3. The van der Waals surface area contributed by atoms with Crippen LogP contribution < -0.4 is 4.90 Å². The number of aromatic nitrogens is 1. The van der Waals surface area contributed by atoms with Crippen molar-refractivity contribution in [3.05, 3.63) is 81.1 Å². The van der Waals surface area contributed by atoms with Gasteiger partial charge in [-0.15, -0.1) is 0 Å². The molecule has 0 bridgehead atoms. The van der Waals surface area contributed by atoms with Crippen LogP contribution in [0.3, 0.4) is 0 Å². The first-order chi connectivity index (χ1) is 13.4. The Morgan fingerprint density at radius 1 is 1.18 bits per heavy atom. The number of carbonyl (C=O) groups is 2. The van der Waals surface area contributed by atoms with Crippen molar-refractivity contribution in [2.24, 2.45) is 0 Å². The Morgan fingerprint density at radius 2 is 1.96 bits per heavy atom. The molecule has 0 radical (unpaired) electrons. The maximum absolute atomic E-state index is 13.1. The fourth-order valence-electron chi connectivity index (χ4n) is 3.22. The highest BCUT2D eigenvalue weighted by Crippen LogP contribution is 2.42. The number of benzene rings is 1. The van der Waals surface area contributed by atoms with E-state index in [4.69, 9.17) is 8.94 Å². The van der Waals surface area contributed by atoms with Gasteiger partial charge in [-0.25, -0.2) is 0 Å². The van der Waals surface area contributed by atoms with Gasteiger partial charge in [0.2, 0.25) is 5.78 Å². The molecule has 1 amide bonds. The van der Waals surface area contributed by atoms with Crippen LogP contribution >= 0.6 is 15.9 Å². The smallest absolute Gasteiger partial charge is 0.295 e. The van der Waals surface area contributed by atoms with Gasteiger partial charge in [0, 0.05) is 10.5 Å². The van der Waals surface area contributed by atoms with Crippen molar-refractivity contribution in [1.29, 1.82) is 0 Å². The maximum Gasteiger partial charge on any atom is 0.295 e. The van der Waals surface area contributed by atoms with Crippen LogP contribution in [0.1, 0.15) is 33.7 Å². The minimum atomic E-state index is -0.882. The molecule has 0 spiro atoms. The highest BCUT2D eigenvalue weighted by atomic mass is 79.9. The van der Waals surface area contributed by atoms with Crippen LogP contribution in [-0.4, -0.2) is 22.0 Å². The Kier molecular flexibility index (Phi) is 4.43. The number of aliphatic hydroxyl groups is 1. The minimum Gasteiger partial charge on any atom is -0.503 e. The van der Waals surface area contributed by atoms with Crippen molar-refractivity contribution in [1.82, 2.24) is 5.16 Å². The van der Waals surface area contributed by atoms with Crippen LogP contribution in [0.2, 0.25) is 0 Å². The number of rotatable bonds is 4. The van der Waals surface area contributed by atoms with E-state index in [9.17, 15) is 14.7 Å². The van der Waals surface area contributed by atoms with Crippen molar-refractivity contribution in [2.75, 3.05) is 4.90 Å². The number of amides is 1. The van der Waals surface area contributed by atoms with Gasteiger partial charge >= 0.3 is 0 Å². The van der Waals surface area contributed by atoms with E-state index in [1.54, 1.807) is 44.2 Å². The van der Waals surface area contributed by atoms with Gasteiger partial charge in [-0.3, -0.25) is 14.5 Å². The molecule has 1 aliphatic rings. The average molecular weight is 443 g/mol. The number of nitrogens with zero attached hydrogens (tertiary/aromatic N) is 2. The highest BCUT2D eigenvalue weighted by molar-refractivity contribution is 9.10. The van der Waals surface area contributed by atoms with E-state index in [0.717, 1.165) is 4.47 Å². The summed E-state index contributed by atoms with van der Waals surface area (Å²) in [6, 6.07) is 11.0. The molecule has 1 aliphatic heterocycles. The molecule has 8 heteroatoms. The highest BCUT2D eigenvalue weighted by Gasteiger charge is 2.46. The molecule has 0 aliphatic carbocycles. The maximum atomic E-state index is 13.1. The standard InChI is InChI=1S/C20H15BrN2O5/c1-10-6-7-14(27-10)18(24)16-17(12-4-3-5-13(21)9-12)23(20(26)19(16)25)15-8-11(2)28-22-15/h3-9,17,25H,1-2H3/t17-/m0/s1. The first kappa shape index (κ1) is 18.2. The monoisotopic (exact) mass is 442 g/mol. The number of carbonyl (C=O) groups excluding carboxylic acids is 2. The zero-order valence-corrected chi connectivity index (χ0v) is 16.6. The third-order valence-corrected chi connectivity index (χ3v) is 4.94. The number of hydrogen-bond donors (Lipinski definition) is 1. The molecule has 0 unspecified atom stereocenters. The van der Waals surface area contributed by atoms with Crippen LogP contribution in [0.4, 0.5) is 5.82 Å². The van der Waals surface area contributed by atoms with Gasteiger partial charge in [0.05, 0.1) is 11.6 Å². The summed E-state index contributed by atoms with van der Waals surface area (Å²) >= 11 is 3.41. The van der Waals surface area contributed by atoms with Crippen molar-refractivity contribution in [2.45, 2.75) is 19.9 Å². The van der Waals surface area contributed by atoms with E-state index in [-0.39, 0.29) is 17.2 Å². The second kappa shape index (κ2) is 6.79. The van der Waals surface area contributed by atoms with Gasteiger partial charge in [-0.2, -0.15) is 0 Å². The van der Waals surface area contributed by atoms with Crippen molar-refractivity contribution < 1.29 is 23.6 Å². The largest absolute Gasteiger partial charge is 0.503 e. The van der Waals surface area contributed by atoms with Gasteiger partial charge in [0.15, 0.2) is 17.3 Å². The summed E-state index contributed by atoms with van der Waals surface area (Å²) in [6.45, 7) is 3.40. The third kappa shape index (κ3) is 2.95. The number of anilines is 1. The van der Waals surface area contributed by atoms with E-state index in [1.165, 1.54) is 11.0 Å². The number of aryl methyl sites for hydroxylation is 2. The Morgan fingerprint density at radius 3 is 2.57 bits per heavy atom. The number of furan rings is 1. The van der Waals surface area contributed by atoms with Gasteiger partial charge in [0.25, 0.3) is 5.91 Å². The molecule has 0 fully saturated rings. The quantitative estimate of drug-likeness (QED) is 0.600. The molecule has 3 heterocycles. The van der Waals surface area contributed by atoms with Crippen molar-refractivity contribution >= 4 is 33.4 Å². The lowest BCUT2D eigenvalue weighted by Gasteiger charge is -2.24. The first-order valence-electron chi connectivity index (χ1n) is 8.43. The molecule has 0 saturated carbocycles. The molecule has 1 N–H and O–H groups in total. The molecule has 1 atom stereocenters. The van der Waals surface area contributed by atoms with Crippen molar-refractivity contribution in [3.8, 4) is 0 Å². The summed E-state index contributed by atoms with van der Waals surface area (Å²) in [5, 5.41) is 14.5. The molecule has 0 saturated heterocycles. The molecular formula is C20H15BrN2O5. The fraction of sp³-hybridized carbons (Fsp3) is 0.150. The van der Waals surface area contributed by atoms with Crippen LogP contribution in [0.5, 0.6) is 0 Å². The summed E-state index contributed by atoms with van der Waals surface area (Å²) in [5.74, 6) is -0.629. The Hall–Kier alpha value is -3.13. The predicted molar refractivity (Wildman–Crippen MR) is 103 cm³/mol. The molecular weight excluding hydrogens is 428 g/mol. The van der Waals surface area contributed by atoms with Gasteiger partial charge in [-0.05, 0) is 43.7 Å². The summed E-state index contributed by atoms with van der Waals surface area (Å²) in [5.41, 5.74) is 0.553. The lowest BCUT2D eigenvalue weighted by molar-refractivity contribution is -0.117.